The summed E-state index contributed by atoms with van der Waals surface area (Å²) in [6, 6.07) is 10.9. The Hall–Kier alpha value is -2.02. The van der Waals surface area contributed by atoms with Gasteiger partial charge in [-0.2, -0.15) is 0 Å². The van der Waals surface area contributed by atoms with Gasteiger partial charge in [0.2, 0.25) is 11.8 Å². The number of ether oxygens (including phenoxy) is 2. The van der Waals surface area contributed by atoms with E-state index in [-0.39, 0.29) is 30.7 Å². The molecule has 0 atom stereocenters. The molecule has 8 heteroatoms. The Labute approximate surface area is 159 Å². The minimum atomic E-state index is -0.900. The number of amides is 1. The third kappa shape index (κ3) is 7.17. The van der Waals surface area contributed by atoms with Crippen LogP contribution in [0.1, 0.15) is 19.4 Å². The minimum Gasteiger partial charge on any atom is -0.497 e. The Balaban J connectivity index is 0.00000288. The maximum Gasteiger partial charge on any atom is 0.239 e. The molecule has 138 valence electrons. The maximum atomic E-state index is 11.7. The van der Waals surface area contributed by atoms with Crippen molar-refractivity contribution >= 4 is 30.7 Å². The van der Waals surface area contributed by atoms with Gasteiger partial charge in [0.15, 0.2) is 0 Å². The van der Waals surface area contributed by atoms with Gasteiger partial charge in [-0.1, -0.05) is 12.1 Å². The fourth-order valence-corrected chi connectivity index (χ4v) is 1.77. The summed E-state index contributed by atoms with van der Waals surface area (Å²) in [5.41, 5.74) is 5.68. The highest BCUT2D eigenvalue weighted by Gasteiger charge is 2.21. The number of carbonyl (C=O) groups excluding carboxylic acids is 1. The van der Waals surface area contributed by atoms with Gasteiger partial charge in [0, 0.05) is 24.9 Å². The second-order valence-corrected chi connectivity index (χ2v) is 5.69. The molecular formula is C17H23Cl2N3O3. The molecule has 0 aliphatic heterocycles. The molecule has 0 saturated carbocycles. The molecule has 0 aliphatic carbocycles. The van der Waals surface area contributed by atoms with Gasteiger partial charge in [0.1, 0.15) is 11.5 Å². The quantitative estimate of drug-likeness (QED) is 0.794. The van der Waals surface area contributed by atoms with Crippen LogP contribution < -0.4 is 20.5 Å². The van der Waals surface area contributed by atoms with Gasteiger partial charge in [-0.05, 0) is 31.5 Å². The Bertz CT molecular complexity index is 674. The van der Waals surface area contributed by atoms with E-state index in [1.807, 2.05) is 24.3 Å². The highest BCUT2D eigenvalue weighted by atomic mass is 35.5. The van der Waals surface area contributed by atoms with Crippen molar-refractivity contribution in [1.29, 1.82) is 0 Å². The van der Waals surface area contributed by atoms with E-state index >= 15 is 0 Å². The van der Waals surface area contributed by atoms with Crippen molar-refractivity contribution in [3.05, 3.63) is 48.2 Å². The summed E-state index contributed by atoms with van der Waals surface area (Å²) in [7, 11) is 1.60. The molecule has 0 fully saturated rings. The second-order valence-electron chi connectivity index (χ2n) is 5.69. The molecule has 0 saturated heterocycles. The first-order chi connectivity index (χ1) is 10.9. The predicted molar refractivity (Wildman–Crippen MR) is 102 cm³/mol. The van der Waals surface area contributed by atoms with E-state index < -0.39 is 5.54 Å². The average molecular weight is 388 g/mol. The number of hydrogen-bond donors (Lipinski definition) is 2. The van der Waals surface area contributed by atoms with E-state index in [0.29, 0.717) is 23.9 Å². The molecule has 0 unspecified atom stereocenters. The lowest BCUT2D eigenvalue weighted by molar-refractivity contribution is -0.125. The van der Waals surface area contributed by atoms with Gasteiger partial charge in [0.25, 0.3) is 0 Å². The zero-order valence-electron chi connectivity index (χ0n) is 14.3. The topological polar surface area (TPSA) is 86.5 Å². The molecule has 1 aromatic heterocycles. The summed E-state index contributed by atoms with van der Waals surface area (Å²) in [6.45, 7) is 3.68. The number of benzene rings is 1. The minimum absolute atomic E-state index is 0. The molecular weight excluding hydrogens is 365 g/mol. The van der Waals surface area contributed by atoms with E-state index in [0.717, 1.165) is 5.56 Å². The molecule has 25 heavy (non-hydrogen) atoms. The lowest BCUT2D eigenvalue weighted by Gasteiger charge is -2.17. The molecule has 6 nitrogen and oxygen atoms in total. The van der Waals surface area contributed by atoms with Crippen molar-refractivity contribution in [3.8, 4) is 17.4 Å². The van der Waals surface area contributed by atoms with Crippen molar-refractivity contribution in [2.75, 3.05) is 7.11 Å². The first-order valence-corrected chi connectivity index (χ1v) is 7.22. The van der Waals surface area contributed by atoms with Crippen molar-refractivity contribution in [3.63, 3.8) is 0 Å². The van der Waals surface area contributed by atoms with Gasteiger partial charge < -0.3 is 20.5 Å². The number of halogens is 2. The smallest absolute Gasteiger partial charge is 0.239 e. The highest BCUT2D eigenvalue weighted by molar-refractivity contribution is 5.85. The van der Waals surface area contributed by atoms with Crippen LogP contribution in [0.25, 0.3) is 0 Å². The van der Waals surface area contributed by atoms with Gasteiger partial charge in [-0.25, -0.2) is 4.98 Å². The number of methoxy groups -OCH3 is 1. The lowest BCUT2D eigenvalue weighted by atomic mass is 10.1. The first-order valence-electron chi connectivity index (χ1n) is 7.22. The molecule has 0 aliphatic rings. The molecule has 2 rings (SSSR count). The fourth-order valence-electron chi connectivity index (χ4n) is 1.77. The highest BCUT2D eigenvalue weighted by Crippen LogP contribution is 2.23. The molecule has 2 aromatic rings. The molecule has 1 heterocycles. The molecule has 1 amide bonds. The predicted octanol–water partition coefficient (Wildman–Crippen LogP) is 3.08. The zero-order chi connectivity index (χ0) is 16.9. The Kier molecular flexibility index (Phi) is 9.27. The van der Waals surface area contributed by atoms with Gasteiger partial charge >= 0.3 is 0 Å². The SMILES string of the molecule is COc1cccc(Oc2ccc(CNC(=O)C(C)(C)N)cn2)c1.Cl.Cl. The molecule has 3 N–H and O–H groups in total. The van der Waals surface area contributed by atoms with Crippen molar-refractivity contribution in [2.24, 2.45) is 5.73 Å². The number of nitrogens with zero attached hydrogens (tertiary/aromatic N) is 1. The third-order valence-electron chi connectivity index (χ3n) is 3.10. The summed E-state index contributed by atoms with van der Waals surface area (Å²) in [6.07, 6.45) is 1.65. The number of aromatic nitrogens is 1. The summed E-state index contributed by atoms with van der Waals surface area (Å²) < 4.78 is 10.8. The largest absolute Gasteiger partial charge is 0.497 e. The Morgan fingerprint density at radius 1 is 1.20 bits per heavy atom. The van der Waals surface area contributed by atoms with E-state index in [9.17, 15) is 4.79 Å². The van der Waals surface area contributed by atoms with Gasteiger partial charge in [-0.3, -0.25) is 4.79 Å². The Morgan fingerprint density at radius 3 is 2.44 bits per heavy atom. The second kappa shape index (κ2) is 10.1. The number of hydrogen-bond acceptors (Lipinski definition) is 5. The maximum absolute atomic E-state index is 11.7. The monoisotopic (exact) mass is 387 g/mol. The van der Waals surface area contributed by atoms with Crippen LogP contribution in [-0.2, 0) is 11.3 Å². The van der Waals surface area contributed by atoms with Crippen LogP contribution in [-0.4, -0.2) is 23.5 Å². The summed E-state index contributed by atoms with van der Waals surface area (Å²) in [4.78, 5) is 15.9. The molecule has 0 radical (unpaired) electrons. The summed E-state index contributed by atoms with van der Waals surface area (Å²) in [5.74, 6) is 1.61. The van der Waals surface area contributed by atoms with E-state index in [1.165, 1.54) is 0 Å². The van der Waals surface area contributed by atoms with Crippen LogP contribution in [0, 0.1) is 0 Å². The van der Waals surface area contributed by atoms with Crippen molar-refractivity contribution in [2.45, 2.75) is 25.9 Å². The van der Waals surface area contributed by atoms with Crippen LogP contribution in [0.15, 0.2) is 42.6 Å². The van der Waals surface area contributed by atoms with Crippen LogP contribution in [0.3, 0.4) is 0 Å². The number of carbonyl (C=O) groups is 1. The number of nitrogens with two attached hydrogens (primary N) is 1. The van der Waals surface area contributed by atoms with Crippen LogP contribution in [0.2, 0.25) is 0 Å². The van der Waals surface area contributed by atoms with Crippen molar-refractivity contribution in [1.82, 2.24) is 10.3 Å². The molecule has 0 bridgehead atoms. The zero-order valence-corrected chi connectivity index (χ0v) is 15.9. The van der Waals surface area contributed by atoms with Gasteiger partial charge in [0.05, 0.1) is 12.6 Å². The van der Waals surface area contributed by atoms with Crippen LogP contribution in [0.4, 0.5) is 0 Å². The van der Waals surface area contributed by atoms with E-state index in [2.05, 4.69) is 10.3 Å². The average Bonchev–Trinajstić information content (AvgIpc) is 2.53. The molecule has 1 aromatic carbocycles. The molecule has 0 spiro atoms. The van der Waals surface area contributed by atoms with Gasteiger partial charge in [-0.15, -0.1) is 24.8 Å². The number of nitrogens with one attached hydrogen (secondary N) is 1. The third-order valence-corrected chi connectivity index (χ3v) is 3.10. The standard InChI is InChI=1S/C17H21N3O3.2ClH/c1-17(2,18)16(21)20-11-12-7-8-15(19-10-12)23-14-6-4-5-13(9-14)22-3;;/h4-10H,11,18H2,1-3H3,(H,20,21);2*1H. The number of rotatable bonds is 6. The lowest BCUT2D eigenvalue weighted by Crippen LogP contribution is -2.48. The first kappa shape index (κ1) is 23.0. The van der Waals surface area contributed by atoms with Crippen LogP contribution >= 0.6 is 24.8 Å². The van der Waals surface area contributed by atoms with E-state index in [1.54, 1.807) is 39.3 Å². The van der Waals surface area contributed by atoms with Crippen molar-refractivity contribution < 1.29 is 14.3 Å². The van der Waals surface area contributed by atoms with Crippen LogP contribution in [0.5, 0.6) is 17.4 Å². The summed E-state index contributed by atoms with van der Waals surface area (Å²) in [5, 5.41) is 2.76. The number of pyridine rings is 1. The normalized spacial score (nSPS) is 10.1. The summed E-state index contributed by atoms with van der Waals surface area (Å²) >= 11 is 0. The fraction of sp³-hybridized carbons (Fsp3) is 0.294. The Morgan fingerprint density at radius 2 is 1.88 bits per heavy atom. The van der Waals surface area contributed by atoms with E-state index in [4.69, 9.17) is 15.2 Å².